The van der Waals surface area contributed by atoms with Gasteiger partial charge in [-0.1, -0.05) is 0 Å². The summed E-state index contributed by atoms with van der Waals surface area (Å²) in [5, 5.41) is 0. The highest BCUT2D eigenvalue weighted by Crippen LogP contribution is 1.98. The summed E-state index contributed by atoms with van der Waals surface area (Å²) in [7, 11) is 0. The monoisotopic (exact) mass is 263 g/mol. The standard InChI is InChI=1S/C5H5N5O.C3H4N4O/c6-5-9-3-2(4(11)10-5)7-1-8-3;4-2-5-1-6-3(8)7-2/h1H,(H4,6,7,8,9,10,11);1H,(H3,4,5,6,7,8). The van der Waals surface area contributed by atoms with E-state index in [-0.39, 0.29) is 17.5 Å². The van der Waals surface area contributed by atoms with Crippen molar-refractivity contribution in [1.29, 1.82) is 0 Å². The zero-order chi connectivity index (χ0) is 13.8. The largest absolute Gasteiger partial charge is 0.369 e. The molecule has 0 aliphatic carbocycles. The first-order valence-corrected chi connectivity index (χ1v) is 4.92. The zero-order valence-corrected chi connectivity index (χ0v) is 9.41. The van der Waals surface area contributed by atoms with Gasteiger partial charge in [-0.3, -0.25) is 14.8 Å². The minimum Gasteiger partial charge on any atom is -0.369 e. The second-order valence-corrected chi connectivity index (χ2v) is 3.24. The fourth-order valence-electron chi connectivity index (χ4n) is 1.18. The fourth-order valence-corrected chi connectivity index (χ4v) is 1.18. The van der Waals surface area contributed by atoms with E-state index < -0.39 is 5.69 Å². The Morgan fingerprint density at radius 3 is 2.42 bits per heavy atom. The van der Waals surface area contributed by atoms with E-state index in [1.165, 1.54) is 6.33 Å². The van der Waals surface area contributed by atoms with Crippen LogP contribution in [0.5, 0.6) is 0 Å². The molecule has 0 fully saturated rings. The van der Waals surface area contributed by atoms with Crippen molar-refractivity contribution in [2.24, 2.45) is 0 Å². The van der Waals surface area contributed by atoms with Gasteiger partial charge in [0.05, 0.1) is 6.33 Å². The summed E-state index contributed by atoms with van der Waals surface area (Å²) in [6, 6.07) is 0. The van der Waals surface area contributed by atoms with Gasteiger partial charge >= 0.3 is 5.69 Å². The Morgan fingerprint density at radius 2 is 1.79 bits per heavy atom. The van der Waals surface area contributed by atoms with Crippen LogP contribution in [-0.2, 0) is 0 Å². The van der Waals surface area contributed by atoms with Crippen molar-refractivity contribution in [2.75, 3.05) is 11.5 Å². The first-order chi connectivity index (χ1) is 9.06. The van der Waals surface area contributed by atoms with E-state index in [2.05, 4.69) is 34.9 Å². The molecule has 98 valence electrons. The van der Waals surface area contributed by atoms with Crippen molar-refractivity contribution in [3.05, 3.63) is 33.5 Å². The number of H-pyrrole nitrogens is 3. The summed E-state index contributed by atoms with van der Waals surface area (Å²) >= 11 is 0. The van der Waals surface area contributed by atoms with Gasteiger partial charge in [0.25, 0.3) is 5.56 Å². The fraction of sp³-hybridized carbons (Fsp3) is 0. The van der Waals surface area contributed by atoms with Gasteiger partial charge in [0.1, 0.15) is 6.33 Å². The Morgan fingerprint density at radius 1 is 1.00 bits per heavy atom. The lowest BCUT2D eigenvalue weighted by atomic mass is 10.5. The van der Waals surface area contributed by atoms with Crippen LogP contribution >= 0.6 is 0 Å². The first kappa shape index (κ1) is 12.2. The van der Waals surface area contributed by atoms with Gasteiger partial charge in [-0.05, 0) is 0 Å². The van der Waals surface area contributed by atoms with E-state index in [4.69, 9.17) is 11.5 Å². The van der Waals surface area contributed by atoms with Gasteiger partial charge in [0, 0.05) is 0 Å². The van der Waals surface area contributed by atoms with Crippen molar-refractivity contribution in [2.45, 2.75) is 0 Å². The van der Waals surface area contributed by atoms with Crippen molar-refractivity contribution < 1.29 is 0 Å². The van der Waals surface area contributed by atoms with Crippen LogP contribution in [0.4, 0.5) is 11.9 Å². The molecular weight excluding hydrogens is 254 g/mol. The molecule has 0 spiro atoms. The first-order valence-electron chi connectivity index (χ1n) is 4.92. The van der Waals surface area contributed by atoms with E-state index in [0.717, 1.165) is 6.33 Å². The Kier molecular flexibility index (Phi) is 3.18. The molecule has 11 heteroatoms. The SMILES string of the molecule is Nc1nc2nc[nH]c2c(=O)[nH]1.Nc1ncnc(=O)[nH]1. The van der Waals surface area contributed by atoms with Crippen molar-refractivity contribution in [3.8, 4) is 0 Å². The zero-order valence-electron chi connectivity index (χ0n) is 9.41. The van der Waals surface area contributed by atoms with Crippen LogP contribution in [0.2, 0.25) is 0 Å². The topological polar surface area (TPSA) is 185 Å². The second-order valence-electron chi connectivity index (χ2n) is 3.24. The molecule has 0 aliphatic heterocycles. The molecule has 3 heterocycles. The lowest BCUT2D eigenvalue weighted by molar-refractivity contribution is 1.000. The Hall–Kier alpha value is -3.24. The van der Waals surface area contributed by atoms with Crippen LogP contribution in [0.25, 0.3) is 11.2 Å². The normalized spacial score (nSPS) is 9.89. The number of fused-ring (bicyclic) bond motifs is 1. The Bertz CT molecular complexity index is 801. The predicted octanol–water partition coefficient (Wildman–Crippen LogP) is -2.02. The lowest BCUT2D eigenvalue weighted by Crippen LogP contribution is -2.12. The average Bonchev–Trinajstić information content (AvgIpc) is 2.77. The summed E-state index contributed by atoms with van der Waals surface area (Å²) < 4.78 is 0. The average molecular weight is 263 g/mol. The van der Waals surface area contributed by atoms with Gasteiger partial charge in [-0.15, -0.1) is 0 Å². The number of nitrogens with two attached hydrogens (primary N) is 2. The highest BCUT2D eigenvalue weighted by molar-refractivity contribution is 5.69. The van der Waals surface area contributed by atoms with Crippen LogP contribution in [0.3, 0.4) is 0 Å². The molecule has 19 heavy (non-hydrogen) atoms. The maximum atomic E-state index is 11.0. The molecule has 0 saturated heterocycles. The van der Waals surface area contributed by atoms with Gasteiger partial charge in [-0.25, -0.2) is 14.8 Å². The number of aromatic nitrogens is 7. The van der Waals surface area contributed by atoms with E-state index in [9.17, 15) is 9.59 Å². The molecule has 0 aliphatic rings. The second kappa shape index (κ2) is 4.95. The molecular formula is C8H9N9O2. The smallest absolute Gasteiger partial charge is 0.349 e. The van der Waals surface area contributed by atoms with Crippen molar-refractivity contribution in [3.63, 3.8) is 0 Å². The minimum atomic E-state index is -0.475. The number of hydrogen-bond acceptors (Lipinski definition) is 8. The molecule has 0 amide bonds. The van der Waals surface area contributed by atoms with Crippen LogP contribution in [0, 0.1) is 0 Å². The van der Waals surface area contributed by atoms with Crippen molar-refractivity contribution in [1.82, 2.24) is 34.9 Å². The number of rotatable bonds is 0. The van der Waals surface area contributed by atoms with Gasteiger partial charge < -0.3 is 16.5 Å². The highest BCUT2D eigenvalue weighted by Gasteiger charge is 2.01. The molecule has 3 aromatic heterocycles. The van der Waals surface area contributed by atoms with Crippen LogP contribution < -0.4 is 22.7 Å². The molecule has 0 unspecified atom stereocenters. The molecule has 0 bridgehead atoms. The van der Waals surface area contributed by atoms with E-state index in [1.54, 1.807) is 0 Å². The van der Waals surface area contributed by atoms with Gasteiger partial charge in [-0.2, -0.15) is 9.97 Å². The quantitative estimate of drug-likeness (QED) is 0.307. The number of nitrogens with zero attached hydrogens (tertiary/aromatic N) is 4. The number of nitrogen functional groups attached to an aromatic ring is 2. The summed E-state index contributed by atoms with van der Waals surface area (Å²) in [4.78, 5) is 42.6. The summed E-state index contributed by atoms with van der Waals surface area (Å²) in [5.74, 6) is 0.166. The maximum absolute atomic E-state index is 11.0. The van der Waals surface area contributed by atoms with Crippen molar-refractivity contribution >= 4 is 23.1 Å². The third kappa shape index (κ3) is 2.91. The third-order valence-electron chi connectivity index (χ3n) is 1.92. The third-order valence-corrected chi connectivity index (χ3v) is 1.92. The number of nitrogens with one attached hydrogen (secondary N) is 3. The van der Waals surface area contributed by atoms with E-state index in [1.807, 2.05) is 0 Å². The number of anilines is 2. The predicted molar refractivity (Wildman–Crippen MR) is 66.0 cm³/mol. The number of imidazole rings is 1. The van der Waals surface area contributed by atoms with E-state index >= 15 is 0 Å². The van der Waals surface area contributed by atoms with Crippen LogP contribution in [0.15, 0.2) is 22.2 Å². The van der Waals surface area contributed by atoms with Gasteiger partial charge in [0.2, 0.25) is 11.9 Å². The Balaban J connectivity index is 0.000000148. The molecule has 0 saturated carbocycles. The minimum absolute atomic E-state index is 0.0783. The van der Waals surface area contributed by atoms with Crippen LogP contribution in [0.1, 0.15) is 0 Å². The maximum Gasteiger partial charge on any atom is 0.349 e. The van der Waals surface area contributed by atoms with E-state index in [0.29, 0.717) is 11.2 Å². The highest BCUT2D eigenvalue weighted by atomic mass is 16.1. The summed E-state index contributed by atoms with van der Waals surface area (Å²) in [6.07, 6.45) is 2.50. The number of hydrogen-bond donors (Lipinski definition) is 5. The number of aromatic amines is 3. The Labute approximate surface area is 104 Å². The molecule has 0 radical (unpaired) electrons. The molecule has 3 aromatic rings. The molecule has 11 nitrogen and oxygen atoms in total. The molecule has 0 aromatic carbocycles. The molecule has 3 rings (SSSR count). The summed E-state index contributed by atoms with van der Waals surface area (Å²) in [5.41, 5.74) is 10.2. The summed E-state index contributed by atoms with van der Waals surface area (Å²) in [6.45, 7) is 0. The van der Waals surface area contributed by atoms with Gasteiger partial charge in [0.15, 0.2) is 11.2 Å². The molecule has 0 atom stereocenters. The lowest BCUT2D eigenvalue weighted by Gasteiger charge is -1.89. The molecule has 7 N–H and O–H groups in total. The van der Waals surface area contributed by atoms with Crippen LogP contribution in [-0.4, -0.2) is 34.9 Å².